The van der Waals surface area contributed by atoms with Crippen molar-refractivity contribution in [2.75, 3.05) is 12.4 Å². The molecule has 1 heterocycles. The number of amides is 1. The van der Waals surface area contributed by atoms with Crippen molar-refractivity contribution >= 4 is 29.2 Å². The van der Waals surface area contributed by atoms with Gasteiger partial charge in [0, 0.05) is 30.8 Å². The van der Waals surface area contributed by atoms with Crippen molar-refractivity contribution in [1.29, 1.82) is 0 Å². The number of anilines is 1. The Morgan fingerprint density at radius 2 is 1.75 bits per heavy atom. The number of rotatable bonds is 6. The Balaban J connectivity index is 1.52. The van der Waals surface area contributed by atoms with Crippen molar-refractivity contribution in [2.24, 2.45) is 4.99 Å². The van der Waals surface area contributed by atoms with Crippen LogP contribution in [0.3, 0.4) is 0 Å². The van der Waals surface area contributed by atoms with Crippen LogP contribution in [0.2, 0.25) is 5.02 Å². The average Bonchev–Trinajstić information content (AvgIpc) is 3.25. The van der Waals surface area contributed by atoms with Crippen LogP contribution in [0.1, 0.15) is 21.7 Å². The molecule has 0 unspecified atom stereocenters. The van der Waals surface area contributed by atoms with E-state index in [1.54, 1.807) is 19.2 Å². The van der Waals surface area contributed by atoms with Gasteiger partial charge in [-0.3, -0.25) is 9.79 Å². The van der Waals surface area contributed by atoms with Crippen molar-refractivity contribution in [3.8, 4) is 0 Å². The minimum atomic E-state index is -0.282. The van der Waals surface area contributed by atoms with E-state index in [4.69, 9.17) is 16.0 Å². The zero-order valence-corrected chi connectivity index (χ0v) is 16.2. The second kappa shape index (κ2) is 9.62. The Kier molecular flexibility index (Phi) is 6.70. The molecule has 0 fully saturated rings. The molecule has 1 amide bonds. The number of benzene rings is 2. The van der Waals surface area contributed by atoms with Gasteiger partial charge in [0.1, 0.15) is 0 Å². The lowest BCUT2D eigenvalue weighted by Gasteiger charge is -2.13. The van der Waals surface area contributed by atoms with E-state index in [1.165, 1.54) is 6.26 Å². The fourth-order valence-corrected chi connectivity index (χ4v) is 2.68. The van der Waals surface area contributed by atoms with Gasteiger partial charge in [-0.2, -0.15) is 0 Å². The number of aliphatic imine (C=N–C) groups is 1. The molecule has 0 aliphatic carbocycles. The molecule has 0 aliphatic rings. The molecule has 0 atom stereocenters. The number of nitrogens with one attached hydrogen (secondary N) is 3. The van der Waals surface area contributed by atoms with Crippen molar-refractivity contribution in [1.82, 2.24) is 10.6 Å². The smallest absolute Gasteiger partial charge is 0.291 e. The van der Waals surface area contributed by atoms with Crippen LogP contribution in [0.4, 0.5) is 5.69 Å². The van der Waals surface area contributed by atoms with Gasteiger partial charge in [0.2, 0.25) is 0 Å². The molecule has 3 N–H and O–H groups in total. The zero-order chi connectivity index (χ0) is 19.8. The van der Waals surface area contributed by atoms with Crippen LogP contribution in [0, 0.1) is 0 Å². The first kappa shape index (κ1) is 19.5. The molecule has 1 aromatic heterocycles. The number of hydrogen-bond acceptors (Lipinski definition) is 3. The maximum atomic E-state index is 12.1. The highest BCUT2D eigenvalue weighted by atomic mass is 35.5. The Bertz CT molecular complexity index is 937. The van der Waals surface area contributed by atoms with E-state index >= 15 is 0 Å². The molecule has 2 aromatic carbocycles. The first-order chi connectivity index (χ1) is 13.6. The summed E-state index contributed by atoms with van der Waals surface area (Å²) >= 11 is 5.90. The third kappa shape index (κ3) is 5.62. The van der Waals surface area contributed by atoms with Crippen molar-refractivity contribution in [3.63, 3.8) is 0 Å². The predicted molar refractivity (Wildman–Crippen MR) is 112 cm³/mol. The molecule has 3 aromatic rings. The van der Waals surface area contributed by atoms with Gasteiger partial charge in [-0.25, -0.2) is 0 Å². The van der Waals surface area contributed by atoms with Crippen molar-refractivity contribution in [3.05, 3.63) is 88.8 Å². The summed E-state index contributed by atoms with van der Waals surface area (Å²) in [6.45, 7) is 1.20. The summed E-state index contributed by atoms with van der Waals surface area (Å²) in [6, 6.07) is 18.5. The largest absolute Gasteiger partial charge is 0.459 e. The molecule has 0 radical (unpaired) electrons. The first-order valence-corrected chi connectivity index (χ1v) is 9.14. The van der Waals surface area contributed by atoms with E-state index < -0.39 is 0 Å². The summed E-state index contributed by atoms with van der Waals surface area (Å²) in [7, 11) is 1.72. The molecule has 28 heavy (non-hydrogen) atoms. The van der Waals surface area contributed by atoms with Crippen LogP contribution in [0.15, 0.2) is 76.3 Å². The maximum absolute atomic E-state index is 12.1. The highest BCUT2D eigenvalue weighted by molar-refractivity contribution is 6.30. The van der Waals surface area contributed by atoms with Gasteiger partial charge in [-0.1, -0.05) is 35.9 Å². The monoisotopic (exact) mass is 396 g/mol. The molecule has 0 aliphatic heterocycles. The van der Waals surface area contributed by atoms with Crippen molar-refractivity contribution < 1.29 is 9.21 Å². The Hall–Kier alpha value is -3.25. The molecule has 6 nitrogen and oxygen atoms in total. The summed E-state index contributed by atoms with van der Waals surface area (Å²) in [5, 5.41) is 10.0. The highest BCUT2D eigenvalue weighted by Gasteiger charge is 2.09. The number of nitrogens with zero attached hydrogens (tertiary/aromatic N) is 1. The predicted octanol–water partition coefficient (Wildman–Crippen LogP) is 4.05. The number of carbonyl (C=O) groups excluding carboxylic acids is 1. The van der Waals surface area contributed by atoms with Crippen molar-refractivity contribution in [2.45, 2.75) is 13.1 Å². The van der Waals surface area contributed by atoms with E-state index in [0.29, 0.717) is 29.8 Å². The van der Waals surface area contributed by atoms with Crippen LogP contribution in [0.25, 0.3) is 0 Å². The lowest BCUT2D eigenvalue weighted by Crippen LogP contribution is -2.36. The number of carbonyl (C=O) groups is 1. The van der Waals surface area contributed by atoms with Gasteiger partial charge >= 0.3 is 0 Å². The third-order valence-corrected chi connectivity index (χ3v) is 4.24. The Morgan fingerprint density at radius 1 is 1.00 bits per heavy atom. The average molecular weight is 397 g/mol. The summed E-state index contributed by atoms with van der Waals surface area (Å²) in [6.07, 6.45) is 1.47. The third-order valence-electron chi connectivity index (χ3n) is 3.99. The second-order valence-corrected chi connectivity index (χ2v) is 6.47. The summed E-state index contributed by atoms with van der Waals surface area (Å²) in [5.41, 5.74) is 2.81. The van der Waals surface area contributed by atoms with Gasteiger partial charge in [0.15, 0.2) is 11.7 Å². The number of furan rings is 1. The molecular formula is C21H21ClN4O2. The molecule has 3 rings (SSSR count). The standard InChI is InChI=1S/C21H21ClN4O2/c1-23-21(24-13-15-7-9-17(22)10-8-15)25-14-16-4-2-5-18(12-16)26-20(27)19-6-3-11-28-19/h2-12H,13-14H2,1H3,(H,26,27)(H2,23,24,25). The zero-order valence-electron chi connectivity index (χ0n) is 15.4. The Morgan fingerprint density at radius 3 is 2.43 bits per heavy atom. The van der Waals surface area contributed by atoms with Crippen LogP contribution in [-0.2, 0) is 13.1 Å². The normalized spacial score (nSPS) is 11.1. The summed E-state index contributed by atoms with van der Waals surface area (Å²) in [5.74, 6) is 0.672. The van der Waals surface area contributed by atoms with Crippen LogP contribution in [0.5, 0.6) is 0 Å². The highest BCUT2D eigenvalue weighted by Crippen LogP contribution is 2.13. The molecule has 7 heteroatoms. The fraction of sp³-hybridized carbons (Fsp3) is 0.143. The number of halogens is 1. The molecule has 0 spiro atoms. The number of guanidine groups is 1. The van der Waals surface area contributed by atoms with E-state index in [0.717, 1.165) is 11.1 Å². The number of hydrogen-bond donors (Lipinski definition) is 3. The van der Waals surface area contributed by atoms with Crippen LogP contribution < -0.4 is 16.0 Å². The second-order valence-electron chi connectivity index (χ2n) is 6.04. The van der Waals surface area contributed by atoms with E-state index in [1.807, 2.05) is 48.5 Å². The lowest BCUT2D eigenvalue weighted by atomic mass is 10.2. The van der Waals surface area contributed by atoms with E-state index in [-0.39, 0.29) is 11.7 Å². The molecular weight excluding hydrogens is 376 g/mol. The lowest BCUT2D eigenvalue weighted by molar-refractivity contribution is 0.0996. The van der Waals surface area contributed by atoms with E-state index in [2.05, 4.69) is 20.9 Å². The minimum Gasteiger partial charge on any atom is -0.459 e. The van der Waals surface area contributed by atoms with Gasteiger partial charge in [-0.05, 0) is 47.5 Å². The fourth-order valence-electron chi connectivity index (χ4n) is 2.55. The molecule has 144 valence electrons. The summed E-state index contributed by atoms with van der Waals surface area (Å²) < 4.78 is 5.11. The quantitative estimate of drug-likeness (QED) is 0.434. The van der Waals surface area contributed by atoms with Crippen LogP contribution >= 0.6 is 11.6 Å². The first-order valence-electron chi connectivity index (χ1n) is 8.77. The molecule has 0 bridgehead atoms. The topological polar surface area (TPSA) is 78.7 Å². The molecule has 0 saturated heterocycles. The SMILES string of the molecule is CN=C(NCc1ccc(Cl)cc1)NCc1cccc(NC(=O)c2ccco2)c1. The van der Waals surface area contributed by atoms with Gasteiger partial charge in [-0.15, -0.1) is 0 Å². The molecule has 0 saturated carbocycles. The Labute approximate surface area is 168 Å². The van der Waals surface area contributed by atoms with Crippen LogP contribution in [-0.4, -0.2) is 18.9 Å². The summed E-state index contributed by atoms with van der Waals surface area (Å²) in [4.78, 5) is 16.3. The van der Waals surface area contributed by atoms with Gasteiger partial charge < -0.3 is 20.4 Å². The maximum Gasteiger partial charge on any atom is 0.291 e. The van der Waals surface area contributed by atoms with Gasteiger partial charge in [0.25, 0.3) is 5.91 Å². The van der Waals surface area contributed by atoms with Gasteiger partial charge in [0.05, 0.1) is 6.26 Å². The van der Waals surface area contributed by atoms with E-state index in [9.17, 15) is 4.79 Å². The minimum absolute atomic E-state index is 0.273.